The highest BCUT2D eigenvalue weighted by Crippen LogP contribution is 2.12. The van der Waals surface area contributed by atoms with Gasteiger partial charge >= 0.3 is 0 Å². The third kappa shape index (κ3) is 19.7. The van der Waals surface area contributed by atoms with E-state index in [4.69, 9.17) is 9.47 Å². The van der Waals surface area contributed by atoms with Gasteiger partial charge in [0.2, 0.25) is 0 Å². The number of rotatable bonds is 19. The lowest BCUT2D eigenvalue weighted by Crippen LogP contribution is -2.05. The normalized spacial score (nSPS) is 11.0. The minimum atomic E-state index is 0.627. The molecule has 0 saturated heterocycles. The van der Waals surface area contributed by atoms with Gasteiger partial charge in [0.25, 0.3) is 0 Å². The van der Waals surface area contributed by atoms with Gasteiger partial charge in [-0.2, -0.15) is 0 Å². The molecule has 0 amide bonds. The van der Waals surface area contributed by atoms with E-state index in [2.05, 4.69) is 13.5 Å². The molecule has 0 N–H and O–H groups in total. The lowest BCUT2D eigenvalue weighted by molar-refractivity contribution is 0.0567. The summed E-state index contributed by atoms with van der Waals surface area (Å²) in [7, 11) is 0. The van der Waals surface area contributed by atoms with Crippen LogP contribution in [-0.4, -0.2) is 26.4 Å². The highest BCUT2D eigenvalue weighted by Gasteiger charge is 1.94. The van der Waals surface area contributed by atoms with E-state index in [0.717, 1.165) is 6.61 Å². The Labute approximate surface area is 139 Å². The standard InChI is InChI=1S/C20H40O2/c1-3-5-6-7-8-9-10-11-12-13-14-15-16-18-22-20-19-21-17-4-2/h4H,2-3,5-20H2,1H3. The molecule has 0 aliphatic heterocycles. The Balaban J connectivity index is 2.92. The topological polar surface area (TPSA) is 18.5 Å². The Bertz CT molecular complexity index is 204. The molecule has 0 heterocycles. The molecule has 0 unspecified atom stereocenters. The van der Waals surface area contributed by atoms with Crippen LogP contribution in [0.2, 0.25) is 0 Å². The van der Waals surface area contributed by atoms with Crippen LogP contribution in [0.3, 0.4) is 0 Å². The summed E-state index contributed by atoms with van der Waals surface area (Å²) in [4.78, 5) is 0. The zero-order valence-corrected chi connectivity index (χ0v) is 15.1. The van der Waals surface area contributed by atoms with Crippen LogP contribution in [0.15, 0.2) is 12.7 Å². The molecule has 0 aromatic heterocycles. The minimum absolute atomic E-state index is 0.627. The van der Waals surface area contributed by atoms with E-state index in [-0.39, 0.29) is 0 Å². The summed E-state index contributed by atoms with van der Waals surface area (Å²) in [5, 5.41) is 0. The van der Waals surface area contributed by atoms with Crippen molar-refractivity contribution in [1.82, 2.24) is 0 Å². The summed E-state index contributed by atoms with van der Waals surface area (Å²) in [6.45, 7) is 8.80. The van der Waals surface area contributed by atoms with E-state index in [1.807, 2.05) is 0 Å². The van der Waals surface area contributed by atoms with Gasteiger partial charge in [0.05, 0.1) is 19.8 Å². The largest absolute Gasteiger partial charge is 0.379 e. The Morgan fingerprint density at radius 3 is 1.55 bits per heavy atom. The summed E-state index contributed by atoms with van der Waals surface area (Å²) in [6, 6.07) is 0. The lowest BCUT2D eigenvalue weighted by atomic mass is 10.0. The van der Waals surface area contributed by atoms with Crippen molar-refractivity contribution in [2.45, 2.75) is 90.4 Å². The summed E-state index contributed by atoms with van der Waals surface area (Å²) in [5.74, 6) is 0. The molecule has 0 atom stereocenters. The molecule has 0 aliphatic carbocycles. The number of ether oxygens (including phenoxy) is 2. The van der Waals surface area contributed by atoms with E-state index in [9.17, 15) is 0 Å². The van der Waals surface area contributed by atoms with Crippen molar-refractivity contribution in [1.29, 1.82) is 0 Å². The van der Waals surface area contributed by atoms with Crippen molar-refractivity contribution < 1.29 is 9.47 Å². The second-order valence-electron chi connectivity index (χ2n) is 6.22. The third-order valence-corrected chi connectivity index (χ3v) is 4.00. The van der Waals surface area contributed by atoms with E-state index in [1.165, 1.54) is 83.5 Å². The fourth-order valence-electron chi connectivity index (χ4n) is 2.61. The van der Waals surface area contributed by atoms with Crippen molar-refractivity contribution >= 4 is 0 Å². The quantitative estimate of drug-likeness (QED) is 0.206. The smallest absolute Gasteiger partial charge is 0.0704 e. The second kappa shape index (κ2) is 20.7. The first-order chi connectivity index (χ1) is 10.9. The Morgan fingerprint density at radius 1 is 0.591 bits per heavy atom. The third-order valence-electron chi connectivity index (χ3n) is 4.00. The highest BCUT2D eigenvalue weighted by atomic mass is 16.5. The van der Waals surface area contributed by atoms with Gasteiger partial charge in [-0.05, 0) is 6.42 Å². The van der Waals surface area contributed by atoms with E-state index >= 15 is 0 Å². The van der Waals surface area contributed by atoms with Crippen LogP contribution < -0.4 is 0 Å². The first-order valence-corrected chi connectivity index (χ1v) is 9.68. The Hall–Kier alpha value is -0.340. The van der Waals surface area contributed by atoms with Gasteiger partial charge < -0.3 is 9.47 Å². The van der Waals surface area contributed by atoms with Crippen molar-refractivity contribution in [2.75, 3.05) is 26.4 Å². The number of hydrogen-bond donors (Lipinski definition) is 0. The molecular formula is C20H40O2. The summed E-state index contributed by atoms with van der Waals surface area (Å²) in [6.07, 6.45) is 19.9. The predicted octanol–water partition coefficient (Wildman–Crippen LogP) is 6.30. The Kier molecular flexibility index (Phi) is 20.3. The maximum Gasteiger partial charge on any atom is 0.0704 e. The zero-order valence-electron chi connectivity index (χ0n) is 15.1. The van der Waals surface area contributed by atoms with Crippen molar-refractivity contribution in [3.05, 3.63) is 12.7 Å². The molecule has 0 rings (SSSR count). The maximum atomic E-state index is 5.52. The molecule has 0 saturated carbocycles. The number of hydrogen-bond acceptors (Lipinski definition) is 2. The van der Waals surface area contributed by atoms with Crippen LogP contribution in [0.1, 0.15) is 90.4 Å². The van der Waals surface area contributed by atoms with Crippen LogP contribution in [0, 0.1) is 0 Å². The second-order valence-corrected chi connectivity index (χ2v) is 6.22. The zero-order chi connectivity index (χ0) is 16.1. The number of unbranched alkanes of at least 4 members (excludes halogenated alkanes) is 12. The summed E-state index contributed by atoms with van der Waals surface area (Å²) >= 11 is 0. The molecule has 0 radical (unpaired) electrons. The van der Waals surface area contributed by atoms with Crippen LogP contribution in [-0.2, 0) is 9.47 Å². The van der Waals surface area contributed by atoms with E-state index in [1.54, 1.807) is 6.08 Å². The molecular weight excluding hydrogens is 272 g/mol. The summed E-state index contributed by atoms with van der Waals surface area (Å²) in [5.41, 5.74) is 0. The molecule has 0 aliphatic rings. The minimum Gasteiger partial charge on any atom is -0.379 e. The van der Waals surface area contributed by atoms with Crippen LogP contribution in [0.25, 0.3) is 0 Å². The molecule has 0 fully saturated rings. The van der Waals surface area contributed by atoms with Crippen molar-refractivity contribution in [3.63, 3.8) is 0 Å². The maximum absolute atomic E-state index is 5.52. The first-order valence-electron chi connectivity index (χ1n) is 9.68. The summed E-state index contributed by atoms with van der Waals surface area (Å²) < 4.78 is 10.8. The van der Waals surface area contributed by atoms with Crippen LogP contribution in [0.5, 0.6) is 0 Å². The first kappa shape index (κ1) is 21.7. The molecule has 2 nitrogen and oxygen atoms in total. The van der Waals surface area contributed by atoms with E-state index in [0.29, 0.717) is 19.8 Å². The monoisotopic (exact) mass is 312 g/mol. The van der Waals surface area contributed by atoms with Crippen LogP contribution >= 0.6 is 0 Å². The average molecular weight is 313 g/mol. The van der Waals surface area contributed by atoms with Gasteiger partial charge in [-0.3, -0.25) is 0 Å². The SMILES string of the molecule is C=CCOCCOCCCCCCCCCCCCCCC. The van der Waals surface area contributed by atoms with Gasteiger partial charge in [-0.1, -0.05) is 90.0 Å². The molecule has 0 bridgehead atoms. The van der Waals surface area contributed by atoms with Crippen molar-refractivity contribution in [3.8, 4) is 0 Å². The molecule has 0 aromatic rings. The molecule has 0 spiro atoms. The van der Waals surface area contributed by atoms with Gasteiger partial charge in [-0.15, -0.1) is 6.58 Å². The van der Waals surface area contributed by atoms with Gasteiger partial charge in [0.1, 0.15) is 0 Å². The lowest BCUT2D eigenvalue weighted by Gasteiger charge is -2.05. The molecule has 132 valence electrons. The average Bonchev–Trinajstić information content (AvgIpc) is 2.54. The predicted molar refractivity (Wildman–Crippen MR) is 97.5 cm³/mol. The van der Waals surface area contributed by atoms with Gasteiger partial charge in [-0.25, -0.2) is 0 Å². The van der Waals surface area contributed by atoms with Crippen LogP contribution in [0.4, 0.5) is 0 Å². The van der Waals surface area contributed by atoms with Crippen molar-refractivity contribution in [2.24, 2.45) is 0 Å². The highest BCUT2D eigenvalue weighted by molar-refractivity contribution is 4.63. The van der Waals surface area contributed by atoms with Gasteiger partial charge in [0, 0.05) is 6.61 Å². The fourth-order valence-corrected chi connectivity index (χ4v) is 2.61. The molecule has 0 aromatic carbocycles. The Morgan fingerprint density at radius 2 is 1.05 bits per heavy atom. The van der Waals surface area contributed by atoms with E-state index < -0.39 is 0 Å². The van der Waals surface area contributed by atoms with Gasteiger partial charge in [0.15, 0.2) is 0 Å². The molecule has 22 heavy (non-hydrogen) atoms. The fraction of sp³-hybridized carbons (Fsp3) is 0.900. The molecule has 2 heteroatoms.